The number of likely N-dealkylation sites (N-methyl/N-ethyl adjacent to an activating group) is 1. The Morgan fingerprint density at radius 2 is 2.03 bits per heavy atom. The van der Waals surface area contributed by atoms with Crippen LogP contribution >= 0.6 is 0 Å². The van der Waals surface area contributed by atoms with Gasteiger partial charge < -0.3 is 24.4 Å². The molecule has 0 radical (unpaired) electrons. The molecule has 2 aliphatic heterocycles. The minimum Gasteiger partial charge on any atom is -0.385 e. The van der Waals surface area contributed by atoms with E-state index in [-0.39, 0.29) is 17.7 Å². The Morgan fingerprint density at radius 1 is 1.31 bits per heavy atom. The van der Waals surface area contributed by atoms with Crippen LogP contribution in [0.4, 0.5) is 0 Å². The molecule has 0 aromatic carbocycles. The Bertz CT molecular complexity index is 752. The van der Waals surface area contributed by atoms with Crippen molar-refractivity contribution in [1.82, 2.24) is 19.7 Å². The number of nitrogens with zero attached hydrogens (tertiary/aromatic N) is 3. The first kappa shape index (κ1) is 21.4. The van der Waals surface area contributed by atoms with Gasteiger partial charge >= 0.3 is 0 Å². The summed E-state index contributed by atoms with van der Waals surface area (Å²) in [5.41, 5.74) is 0.123. The van der Waals surface area contributed by atoms with Crippen molar-refractivity contribution in [2.45, 2.75) is 38.6 Å². The molecule has 1 atom stereocenters. The number of hydrogen-bond donors (Lipinski definition) is 1. The topological polar surface area (TPSA) is 83.9 Å². The van der Waals surface area contributed by atoms with E-state index in [1.807, 2.05) is 41.8 Å². The highest BCUT2D eigenvalue weighted by Crippen LogP contribution is 2.44. The number of piperidine rings is 1. The molecule has 160 valence electrons. The normalized spacial score (nSPS) is 21.1. The molecule has 3 amide bonds. The van der Waals surface area contributed by atoms with Crippen molar-refractivity contribution < 1.29 is 19.1 Å². The maximum Gasteiger partial charge on any atom is 0.270 e. The molecule has 1 aromatic heterocycles. The van der Waals surface area contributed by atoms with Gasteiger partial charge in [-0.25, -0.2) is 0 Å². The summed E-state index contributed by atoms with van der Waals surface area (Å²) >= 11 is 0. The zero-order valence-corrected chi connectivity index (χ0v) is 17.6. The van der Waals surface area contributed by atoms with Gasteiger partial charge in [-0.05, 0) is 44.7 Å². The fourth-order valence-corrected chi connectivity index (χ4v) is 4.56. The number of ether oxygens (including phenoxy) is 1. The van der Waals surface area contributed by atoms with E-state index in [0.717, 1.165) is 6.42 Å². The Balaban J connectivity index is 1.63. The molecule has 1 N–H and O–H groups in total. The van der Waals surface area contributed by atoms with E-state index in [2.05, 4.69) is 5.32 Å². The standard InChI is InChI=1S/C21H32N4O4/c1-4-25-17(18(26)22-10-6-14-29-3)15-21(20(25)28)8-12-24(13-9-21)19(27)16-7-5-11-23(16)2/h5,7,11,17H,4,6,8-10,12-15H2,1-3H3,(H,22,26). The smallest absolute Gasteiger partial charge is 0.270 e. The molecule has 29 heavy (non-hydrogen) atoms. The average Bonchev–Trinajstić information content (AvgIpc) is 3.27. The van der Waals surface area contributed by atoms with Gasteiger partial charge in [-0.15, -0.1) is 0 Å². The van der Waals surface area contributed by atoms with E-state index in [0.29, 0.717) is 57.7 Å². The van der Waals surface area contributed by atoms with E-state index in [1.54, 1.807) is 12.0 Å². The van der Waals surface area contributed by atoms with Crippen LogP contribution in [0.25, 0.3) is 0 Å². The maximum atomic E-state index is 13.2. The van der Waals surface area contributed by atoms with Gasteiger partial charge in [0, 0.05) is 53.1 Å². The number of methoxy groups -OCH3 is 1. The van der Waals surface area contributed by atoms with Gasteiger partial charge in [0.05, 0.1) is 5.41 Å². The molecule has 8 heteroatoms. The molecule has 1 unspecified atom stereocenters. The maximum absolute atomic E-state index is 13.2. The van der Waals surface area contributed by atoms with Crippen LogP contribution in [0.5, 0.6) is 0 Å². The number of carbonyl (C=O) groups excluding carboxylic acids is 3. The van der Waals surface area contributed by atoms with Crippen LogP contribution in [0, 0.1) is 5.41 Å². The molecule has 0 saturated carbocycles. The van der Waals surface area contributed by atoms with Crippen LogP contribution in [0.1, 0.15) is 43.1 Å². The lowest BCUT2D eigenvalue weighted by Gasteiger charge is -2.37. The van der Waals surface area contributed by atoms with Crippen LogP contribution in [0.15, 0.2) is 18.3 Å². The lowest BCUT2D eigenvalue weighted by atomic mass is 9.76. The first-order valence-corrected chi connectivity index (χ1v) is 10.4. The van der Waals surface area contributed by atoms with Crippen molar-refractivity contribution in [3.8, 4) is 0 Å². The number of hydrogen-bond acceptors (Lipinski definition) is 4. The minimum atomic E-state index is -0.532. The number of likely N-dealkylation sites (tertiary alicyclic amines) is 2. The van der Waals surface area contributed by atoms with Crippen LogP contribution in [0.3, 0.4) is 0 Å². The summed E-state index contributed by atoms with van der Waals surface area (Å²) in [6.07, 6.45) is 4.34. The second-order valence-electron chi connectivity index (χ2n) is 8.03. The van der Waals surface area contributed by atoms with Crippen LogP contribution in [-0.4, -0.2) is 78.0 Å². The van der Waals surface area contributed by atoms with Gasteiger partial charge in [-0.2, -0.15) is 0 Å². The molecule has 3 heterocycles. The molecule has 2 saturated heterocycles. The predicted octanol–water partition coefficient (Wildman–Crippen LogP) is 1.02. The molecule has 0 aliphatic carbocycles. The Kier molecular flexibility index (Phi) is 6.62. The van der Waals surface area contributed by atoms with Gasteiger partial charge in [-0.3, -0.25) is 14.4 Å². The number of carbonyl (C=O) groups is 3. The van der Waals surface area contributed by atoms with Crippen molar-refractivity contribution in [3.05, 3.63) is 24.0 Å². The van der Waals surface area contributed by atoms with Crippen LogP contribution in [0.2, 0.25) is 0 Å². The highest BCUT2D eigenvalue weighted by Gasteiger charge is 2.54. The Morgan fingerprint density at radius 3 is 2.62 bits per heavy atom. The zero-order valence-electron chi connectivity index (χ0n) is 17.6. The van der Waals surface area contributed by atoms with E-state index < -0.39 is 11.5 Å². The summed E-state index contributed by atoms with van der Waals surface area (Å²) in [7, 11) is 3.49. The van der Waals surface area contributed by atoms with Crippen molar-refractivity contribution in [1.29, 1.82) is 0 Å². The molecule has 1 aromatic rings. The number of aromatic nitrogens is 1. The highest BCUT2D eigenvalue weighted by atomic mass is 16.5. The van der Waals surface area contributed by atoms with Crippen LogP contribution < -0.4 is 5.32 Å². The molecule has 2 fully saturated rings. The first-order valence-electron chi connectivity index (χ1n) is 10.4. The zero-order chi connectivity index (χ0) is 21.0. The Labute approximate surface area is 172 Å². The summed E-state index contributed by atoms with van der Waals surface area (Å²) < 4.78 is 6.83. The lowest BCUT2D eigenvalue weighted by molar-refractivity contribution is -0.140. The number of rotatable bonds is 7. The predicted molar refractivity (Wildman–Crippen MR) is 108 cm³/mol. The Hall–Kier alpha value is -2.35. The van der Waals surface area contributed by atoms with Crippen molar-refractivity contribution in [3.63, 3.8) is 0 Å². The highest BCUT2D eigenvalue weighted by molar-refractivity contribution is 5.95. The summed E-state index contributed by atoms with van der Waals surface area (Å²) in [6, 6.07) is 3.25. The molecule has 2 aliphatic rings. The van der Waals surface area contributed by atoms with Gasteiger partial charge in [0.25, 0.3) is 5.91 Å². The summed E-state index contributed by atoms with van der Waals surface area (Å²) in [6.45, 7) is 4.64. The molecular formula is C21H32N4O4. The molecular weight excluding hydrogens is 372 g/mol. The second kappa shape index (κ2) is 8.98. The molecule has 8 nitrogen and oxygen atoms in total. The molecule has 1 spiro atoms. The quantitative estimate of drug-likeness (QED) is 0.688. The third kappa shape index (κ3) is 4.17. The van der Waals surface area contributed by atoms with E-state index >= 15 is 0 Å². The monoisotopic (exact) mass is 404 g/mol. The van der Waals surface area contributed by atoms with E-state index in [4.69, 9.17) is 4.74 Å². The largest absolute Gasteiger partial charge is 0.385 e. The minimum absolute atomic E-state index is 0.00224. The second-order valence-corrected chi connectivity index (χ2v) is 8.03. The fourth-order valence-electron chi connectivity index (χ4n) is 4.56. The summed E-state index contributed by atoms with van der Waals surface area (Å²) in [5.74, 6) is -0.0314. The van der Waals surface area contributed by atoms with Gasteiger partial charge in [-0.1, -0.05) is 0 Å². The lowest BCUT2D eigenvalue weighted by Crippen LogP contribution is -2.47. The third-order valence-corrected chi connectivity index (χ3v) is 6.31. The molecule has 0 bridgehead atoms. The van der Waals surface area contributed by atoms with Gasteiger partial charge in [0.2, 0.25) is 11.8 Å². The first-order chi connectivity index (χ1) is 13.9. The average molecular weight is 405 g/mol. The number of amides is 3. The summed E-state index contributed by atoms with van der Waals surface area (Å²) in [5, 5.41) is 2.94. The van der Waals surface area contributed by atoms with E-state index in [9.17, 15) is 14.4 Å². The summed E-state index contributed by atoms with van der Waals surface area (Å²) in [4.78, 5) is 42.2. The van der Waals surface area contributed by atoms with Crippen molar-refractivity contribution in [2.75, 3.05) is 39.9 Å². The van der Waals surface area contributed by atoms with Crippen molar-refractivity contribution in [2.24, 2.45) is 12.5 Å². The third-order valence-electron chi connectivity index (χ3n) is 6.31. The number of nitrogens with one attached hydrogen (secondary N) is 1. The van der Waals surface area contributed by atoms with Gasteiger partial charge in [0.15, 0.2) is 0 Å². The fraction of sp³-hybridized carbons (Fsp3) is 0.667. The van der Waals surface area contributed by atoms with Crippen molar-refractivity contribution >= 4 is 17.7 Å². The van der Waals surface area contributed by atoms with Crippen LogP contribution in [-0.2, 0) is 21.4 Å². The molecule has 3 rings (SSSR count). The SMILES string of the molecule is CCN1C(=O)C2(CCN(C(=O)c3cccn3C)CC2)CC1C(=O)NCCCOC. The number of aryl methyl sites for hydroxylation is 1. The van der Waals surface area contributed by atoms with E-state index in [1.165, 1.54) is 0 Å². The van der Waals surface area contributed by atoms with Gasteiger partial charge in [0.1, 0.15) is 11.7 Å².